The first-order chi connectivity index (χ1) is 11.4. The molecule has 0 aliphatic heterocycles. The van der Waals surface area contributed by atoms with Gasteiger partial charge in [-0.2, -0.15) is 0 Å². The van der Waals surface area contributed by atoms with Crippen LogP contribution < -0.4 is 10.1 Å². The lowest BCUT2D eigenvalue weighted by molar-refractivity contribution is -0.142. The van der Waals surface area contributed by atoms with Gasteiger partial charge in [-0.3, -0.25) is 14.4 Å². The lowest BCUT2D eigenvalue weighted by Gasteiger charge is -2.22. The summed E-state index contributed by atoms with van der Waals surface area (Å²) in [6, 6.07) is 7.37. The highest BCUT2D eigenvalue weighted by atomic mass is 16.5. The smallest absolute Gasteiger partial charge is 0.307 e. The topological polar surface area (TPSA) is 84.9 Å². The molecule has 0 atom stereocenters. The van der Waals surface area contributed by atoms with E-state index in [2.05, 4.69) is 10.1 Å². The van der Waals surface area contributed by atoms with Gasteiger partial charge in [-0.05, 0) is 19.1 Å². The molecule has 1 rings (SSSR count). The molecule has 24 heavy (non-hydrogen) atoms. The molecule has 0 saturated heterocycles. The molecule has 1 aromatic rings. The monoisotopic (exact) mass is 336 g/mol. The van der Waals surface area contributed by atoms with Gasteiger partial charge in [0, 0.05) is 26.6 Å². The molecular weight excluding hydrogens is 312 g/mol. The van der Waals surface area contributed by atoms with Crippen LogP contribution >= 0.6 is 0 Å². The molecule has 2 amide bonds. The van der Waals surface area contributed by atoms with Gasteiger partial charge in [0.2, 0.25) is 5.91 Å². The molecule has 0 radical (unpaired) electrons. The Kier molecular flexibility index (Phi) is 8.32. The molecule has 0 aliphatic rings. The molecule has 0 fully saturated rings. The summed E-state index contributed by atoms with van der Waals surface area (Å²) < 4.78 is 10.1. The Bertz CT molecular complexity index is 557. The summed E-state index contributed by atoms with van der Waals surface area (Å²) in [6.45, 7) is 4.05. The Morgan fingerprint density at radius 3 is 2.38 bits per heavy atom. The molecule has 1 N–H and O–H groups in total. The van der Waals surface area contributed by atoms with Crippen molar-refractivity contribution in [1.82, 2.24) is 10.2 Å². The third kappa shape index (κ3) is 7.62. The van der Waals surface area contributed by atoms with Crippen molar-refractivity contribution in [2.24, 2.45) is 0 Å². The Labute approximate surface area is 141 Å². The Morgan fingerprint density at radius 2 is 1.79 bits per heavy atom. The van der Waals surface area contributed by atoms with Crippen molar-refractivity contribution in [1.29, 1.82) is 0 Å². The highest BCUT2D eigenvalue weighted by molar-refractivity contribution is 5.79. The van der Waals surface area contributed by atoms with Gasteiger partial charge < -0.3 is 19.7 Å². The van der Waals surface area contributed by atoms with Gasteiger partial charge in [0.05, 0.1) is 13.5 Å². The van der Waals surface area contributed by atoms with Gasteiger partial charge in [-0.25, -0.2) is 0 Å². The second-order valence-electron chi connectivity index (χ2n) is 5.29. The molecule has 1 aromatic carbocycles. The largest absolute Gasteiger partial charge is 0.484 e. The third-order valence-corrected chi connectivity index (χ3v) is 3.31. The zero-order valence-corrected chi connectivity index (χ0v) is 14.3. The molecule has 0 spiro atoms. The Balaban J connectivity index is 2.54. The van der Waals surface area contributed by atoms with Crippen molar-refractivity contribution in [3.05, 3.63) is 29.8 Å². The molecule has 0 bridgehead atoms. The van der Waals surface area contributed by atoms with Crippen molar-refractivity contribution in [2.75, 3.05) is 33.4 Å². The maximum absolute atomic E-state index is 12.3. The van der Waals surface area contributed by atoms with Gasteiger partial charge in [0.25, 0.3) is 5.91 Å². The highest BCUT2D eigenvalue weighted by Crippen LogP contribution is 2.11. The van der Waals surface area contributed by atoms with Crippen LogP contribution in [-0.2, 0) is 19.1 Å². The van der Waals surface area contributed by atoms with E-state index >= 15 is 0 Å². The number of ether oxygens (including phenoxy) is 2. The minimum Gasteiger partial charge on any atom is -0.484 e. The van der Waals surface area contributed by atoms with Crippen molar-refractivity contribution in [2.45, 2.75) is 20.3 Å². The minimum atomic E-state index is -0.396. The average Bonchev–Trinajstić information content (AvgIpc) is 2.56. The van der Waals surface area contributed by atoms with E-state index in [4.69, 9.17) is 4.74 Å². The molecular formula is C17H24N2O5. The fourth-order valence-electron chi connectivity index (χ4n) is 1.93. The van der Waals surface area contributed by atoms with Crippen LogP contribution in [0, 0.1) is 6.92 Å². The Morgan fingerprint density at radius 1 is 1.12 bits per heavy atom. The van der Waals surface area contributed by atoms with Gasteiger partial charge >= 0.3 is 5.97 Å². The van der Waals surface area contributed by atoms with E-state index in [-0.39, 0.29) is 31.4 Å². The van der Waals surface area contributed by atoms with E-state index < -0.39 is 5.97 Å². The van der Waals surface area contributed by atoms with Gasteiger partial charge in [-0.1, -0.05) is 17.7 Å². The maximum Gasteiger partial charge on any atom is 0.307 e. The third-order valence-electron chi connectivity index (χ3n) is 3.31. The van der Waals surface area contributed by atoms with Crippen LogP contribution in [0.5, 0.6) is 5.75 Å². The summed E-state index contributed by atoms with van der Waals surface area (Å²) in [4.78, 5) is 36.0. The normalized spacial score (nSPS) is 9.96. The van der Waals surface area contributed by atoms with Gasteiger partial charge in [0.15, 0.2) is 6.61 Å². The molecule has 0 unspecified atom stereocenters. The van der Waals surface area contributed by atoms with Crippen molar-refractivity contribution >= 4 is 17.8 Å². The van der Waals surface area contributed by atoms with E-state index in [1.807, 2.05) is 19.1 Å². The van der Waals surface area contributed by atoms with Crippen LogP contribution in [0.1, 0.15) is 18.9 Å². The molecule has 0 aliphatic carbocycles. The van der Waals surface area contributed by atoms with Crippen LogP contribution in [0.3, 0.4) is 0 Å². The van der Waals surface area contributed by atoms with E-state index in [9.17, 15) is 14.4 Å². The lowest BCUT2D eigenvalue weighted by atomic mass is 10.2. The van der Waals surface area contributed by atoms with Crippen LogP contribution in [0.25, 0.3) is 0 Å². The summed E-state index contributed by atoms with van der Waals surface area (Å²) in [5, 5.41) is 2.62. The molecule has 7 heteroatoms. The van der Waals surface area contributed by atoms with Crippen molar-refractivity contribution in [3.8, 4) is 5.75 Å². The molecule has 0 heterocycles. The number of hydrogen-bond donors (Lipinski definition) is 1. The van der Waals surface area contributed by atoms with E-state index in [1.165, 1.54) is 18.9 Å². The number of aryl methyl sites for hydroxylation is 1. The number of amides is 2. The number of nitrogens with one attached hydrogen (secondary N) is 1. The first-order valence-corrected chi connectivity index (χ1v) is 7.71. The summed E-state index contributed by atoms with van der Waals surface area (Å²) in [5.41, 5.74) is 1.10. The molecule has 0 saturated carbocycles. The number of hydrogen-bond acceptors (Lipinski definition) is 5. The summed E-state index contributed by atoms with van der Waals surface area (Å²) in [7, 11) is 1.30. The zero-order chi connectivity index (χ0) is 17.9. The summed E-state index contributed by atoms with van der Waals surface area (Å²) in [5.74, 6) is -0.230. The van der Waals surface area contributed by atoms with E-state index in [0.29, 0.717) is 18.8 Å². The summed E-state index contributed by atoms with van der Waals surface area (Å²) >= 11 is 0. The number of methoxy groups -OCH3 is 1. The first-order valence-electron chi connectivity index (χ1n) is 7.71. The average molecular weight is 336 g/mol. The second kappa shape index (κ2) is 10.3. The fraction of sp³-hybridized carbons (Fsp3) is 0.471. The van der Waals surface area contributed by atoms with Crippen LogP contribution in [0.2, 0.25) is 0 Å². The van der Waals surface area contributed by atoms with Gasteiger partial charge in [-0.15, -0.1) is 0 Å². The zero-order valence-electron chi connectivity index (χ0n) is 14.3. The number of rotatable bonds is 9. The molecule has 0 aromatic heterocycles. The second-order valence-corrected chi connectivity index (χ2v) is 5.29. The number of nitrogens with zero attached hydrogens (tertiary/aromatic N) is 1. The number of esters is 1. The quantitative estimate of drug-likeness (QED) is 0.677. The van der Waals surface area contributed by atoms with Crippen LogP contribution in [-0.4, -0.2) is 56.0 Å². The minimum absolute atomic E-state index is 0.0901. The van der Waals surface area contributed by atoms with Crippen molar-refractivity contribution in [3.63, 3.8) is 0 Å². The molecule has 7 nitrogen and oxygen atoms in total. The maximum atomic E-state index is 12.3. The predicted molar refractivity (Wildman–Crippen MR) is 88.6 cm³/mol. The number of benzene rings is 1. The highest BCUT2D eigenvalue weighted by Gasteiger charge is 2.16. The standard InChI is InChI=1S/C17H24N2O5/c1-13-4-6-15(7-5-13)24-12-16(21)19(10-8-17(22)23-3)11-9-18-14(2)20/h4-7H,8-12H2,1-3H3,(H,18,20). The van der Waals surface area contributed by atoms with E-state index in [1.54, 1.807) is 12.1 Å². The first kappa shape index (κ1) is 19.5. The fourth-order valence-corrected chi connectivity index (χ4v) is 1.93. The summed E-state index contributed by atoms with van der Waals surface area (Å²) in [6.07, 6.45) is 0.0901. The number of carbonyl (C=O) groups is 3. The molecule has 132 valence electrons. The van der Waals surface area contributed by atoms with Gasteiger partial charge in [0.1, 0.15) is 5.75 Å². The Hall–Kier alpha value is -2.57. The SMILES string of the molecule is COC(=O)CCN(CCNC(C)=O)C(=O)COc1ccc(C)cc1. The number of carbonyl (C=O) groups excluding carboxylic acids is 3. The van der Waals surface area contributed by atoms with E-state index in [0.717, 1.165) is 5.56 Å². The van der Waals surface area contributed by atoms with Crippen LogP contribution in [0.4, 0.5) is 0 Å². The lowest BCUT2D eigenvalue weighted by Crippen LogP contribution is -2.41. The predicted octanol–water partition coefficient (Wildman–Crippen LogP) is 0.902. The van der Waals surface area contributed by atoms with Crippen LogP contribution in [0.15, 0.2) is 24.3 Å². The van der Waals surface area contributed by atoms with Crippen molar-refractivity contribution < 1.29 is 23.9 Å².